The molecule has 16 nitrogen and oxygen atoms in total. The van der Waals surface area contributed by atoms with Crippen molar-refractivity contribution in [1.82, 2.24) is 29.8 Å². The summed E-state index contributed by atoms with van der Waals surface area (Å²) in [5, 5.41) is 21.4. The van der Waals surface area contributed by atoms with Crippen LogP contribution in [0.5, 0.6) is 17.2 Å². The third-order valence-electron chi connectivity index (χ3n) is 9.79. The number of amides is 1. The molecular formula is C42H49N7O9S2. The van der Waals surface area contributed by atoms with E-state index in [2.05, 4.69) is 20.8 Å². The number of aromatic nitrogens is 4. The van der Waals surface area contributed by atoms with E-state index < -0.39 is 41.5 Å². The van der Waals surface area contributed by atoms with Crippen molar-refractivity contribution in [1.29, 1.82) is 0 Å². The maximum Gasteiger partial charge on any atom is 0.407 e. The topological polar surface area (TPSA) is 207 Å². The number of benzene rings is 4. The summed E-state index contributed by atoms with van der Waals surface area (Å²) in [6, 6.07) is 23.4. The van der Waals surface area contributed by atoms with Gasteiger partial charge in [0.05, 0.1) is 27.9 Å². The van der Waals surface area contributed by atoms with Crippen LogP contribution in [0.15, 0.2) is 101 Å². The molecule has 0 fully saturated rings. The molecule has 1 heterocycles. The molecule has 0 saturated heterocycles. The number of methoxy groups -OCH3 is 3. The number of carbonyl (C=O) groups is 1. The molecule has 0 aliphatic heterocycles. The number of hydrogen-bond acceptors (Lipinski definition) is 12. The first-order chi connectivity index (χ1) is 28.5. The van der Waals surface area contributed by atoms with Gasteiger partial charge in [-0.3, -0.25) is 0 Å². The van der Waals surface area contributed by atoms with Crippen molar-refractivity contribution in [2.75, 3.05) is 21.3 Å². The third kappa shape index (κ3) is 10.5. The average Bonchev–Trinajstić information content (AvgIpc) is 3.67. The predicted molar refractivity (Wildman–Crippen MR) is 224 cm³/mol. The van der Waals surface area contributed by atoms with Crippen LogP contribution in [0, 0.1) is 0 Å². The SMILES string of the molecule is COc1ccc(CN(Cc2ccc(OC)cc2)S(=O)(=O)c2c(S(N)(=O)=O)ccc(C3=CCC(NC(=O)OC(C)(C)C)CC3)c2-c2nnnn2Cc2ccc(OC)cc2)cc1. The number of carbonyl (C=O) groups excluding carboxylic acids is 1. The molecule has 1 aliphatic carbocycles. The summed E-state index contributed by atoms with van der Waals surface area (Å²) in [5.41, 5.74) is 2.31. The highest BCUT2D eigenvalue weighted by atomic mass is 32.2. The number of nitrogens with one attached hydrogen (secondary N) is 1. The minimum absolute atomic E-state index is 0.00589. The van der Waals surface area contributed by atoms with Gasteiger partial charge in [0.1, 0.15) is 32.6 Å². The fourth-order valence-electron chi connectivity index (χ4n) is 6.84. The van der Waals surface area contributed by atoms with Crippen molar-refractivity contribution in [2.24, 2.45) is 5.14 Å². The zero-order valence-electron chi connectivity index (χ0n) is 34.3. The van der Waals surface area contributed by atoms with Gasteiger partial charge < -0.3 is 24.3 Å². The van der Waals surface area contributed by atoms with Crippen LogP contribution in [0.3, 0.4) is 0 Å². The number of ether oxygens (including phenoxy) is 4. The lowest BCUT2D eigenvalue weighted by Gasteiger charge is -2.28. The fraction of sp³-hybridized carbons (Fsp3) is 0.333. The molecule has 1 amide bonds. The zero-order chi connectivity index (χ0) is 43.2. The largest absolute Gasteiger partial charge is 0.497 e. The Labute approximate surface area is 350 Å². The monoisotopic (exact) mass is 859 g/mol. The Morgan fingerprint density at radius 3 is 1.82 bits per heavy atom. The van der Waals surface area contributed by atoms with E-state index in [1.54, 1.807) is 88.5 Å². The van der Waals surface area contributed by atoms with E-state index in [1.807, 2.05) is 18.2 Å². The Balaban J connectivity index is 1.55. The minimum atomic E-state index is -4.82. The van der Waals surface area contributed by atoms with E-state index in [9.17, 15) is 13.2 Å². The molecule has 60 heavy (non-hydrogen) atoms. The Morgan fingerprint density at radius 2 is 1.35 bits per heavy atom. The summed E-state index contributed by atoms with van der Waals surface area (Å²) in [7, 11) is -4.91. The van der Waals surface area contributed by atoms with Gasteiger partial charge in [-0.15, -0.1) is 5.10 Å². The fourth-order valence-corrected chi connectivity index (χ4v) is 9.80. The van der Waals surface area contributed by atoms with Crippen molar-refractivity contribution < 1.29 is 40.6 Å². The lowest BCUT2D eigenvalue weighted by atomic mass is 9.88. The number of hydrogen-bond donors (Lipinski definition) is 2. The predicted octanol–water partition coefficient (Wildman–Crippen LogP) is 5.91. The number of tetrazole rings is 1. The van der Waals surface area contributed by atoms with Gasteiger partial charge in [-0.05, 0) is 121 Å². The maximum absolute atomic E-state index is 15.6. The first-order valence-electron chi connectivity index (χ1n) is 19.0. The number of sulfonamides is 2. The van der Waals surface area contributed by atoms with Crippen molar-refractivity contribution in [2.45, 2.75) is 81.1 Å². The van der Waals surface area contributed by atoms with E-state index >= 15 is 8.42 Å². The molecule has 5 aromatic rings. The molecule has 6 rings (SSSR count). The van der Waals surface area contributed by atoms with Crippen LogP contribution in [0.2, 0.25) is 0 Å². The van der Waals surface area contributed by atoms with Crippen LogP contribution < -0.4 is 24.7 Å². The van der Waals surface area contributed by atoms with Crippen LogP contribution in [0.25, 0.3) is 17.0 Å². The second-order valence-corrected chi connectivity index (χ2v) is 18.6. The highest BCUT2D eigenvalue weighted by Gasteiger charge is 2.38. The Morgan fingerprint density at radius 1 is 0.817 bits per heavy atom. The van der Waals surface area contributed by atoms with Gasteiger partial charge in [0.15, 0.2) is 5.82 Å². The first-order valence-corrected chi connectivity index (χ1v) is 22.0. The highest BCUT2D eigenvalue weighted by Crippen LogP contribution is 2.42. The normalized spacial score (nSPS) is 14.7. The van der Waals surface area contributed by atoms with Crippen LogP contribution in [-0.4, -0.2) is 80.4 Å². The van der Waals surface area contributed by atoms with Gasteiger partial charge in [-0.1, -0.05) is 48.5 Å². The van der Waals surface area contributed by atoms with E-state index in [-0.39, 0.29) is 37.1 Å². The molecule has 0 spiro atoms. The number of alkyl carbamates (subject to hydrolysis) is 1. The number of allylic oxidation sites excluding steroid dienone is 1. The average molecular weight is 860 g/mol. The lowest BCUT2D eigenvalue weighted by molar-refractivity contribution is 0.0501. The standard InChI is InChI=1S/C42H49N7O9S2/c1-42(2,3)58-41(50)44-32-15-13-31(14-16-32)36-23-24-37(59(43,51)52)39(38(36)40-45-46-47-49(40)27-30-11-21-35(57-6)22-12-30)60(53,54)48(25-28-7-17-33(55-4)18-8-28)26-29-9-19-34(56-5)20-10-29/h7-13,17-24,32H,14-16,25-27H2,1-6H3,(H,44,50)(H2,43,51,52). The molecule has 4 aromatic carbocycles. The molecule has 1 aromatic heterocycles. The summed E-state index contributed by atoms with van der Waals surface area (Å²) in [4.78, 5) is 11.4. The Hall–Kier alpha value is -5.82. The van der Waals surface area contributed by atoms with E-state index in [0.717, 1.165) is 5.56 Å². The third-order valence-corrected chi connectivity index (χ3v) is 12.7. The molecule has 3 N–H and O–H groups in total. The maximum atomic E-state index is 15.6. The molecule has 1 atom stereocenters. The number of rotatable bonds is 15. The van der Waals surface area contributed by atoms with Crippen LogP contribution in [-0.2, 0) is 44.4 Å². The quantitative estimate of drug-likeness (QED) is 0.126. The molecule has 0 saturated carbocycles. The van der Waals surface area contributed by atoms with Gasteiger partial charge in [0.25, 0.3) is 0 Å². The van der Waals surface area contributed by atoms with Gasteiger partial charge in [-0.25, -0.2) is 31.5 Å². The van der Waals surface area contributed by atoms with Gasteiger partial charge in [-0.2, -0.15) is 4.31 Å². The molecule has 318 valence electrons. The smallest absolute Gasteiger partial charge is 0.407 e. The molecule has 0 radical (unpaired) electrons. The summed E-state index contributed by atoms with van der Waals surface area (Å²) < 4.78 is 82.5. The van der Waals surface area contributed by atoms with Crippen molar-refractivity contribution >= 4 is 31.7 Å². The van der Waals surface area contributed by atoms with Crippen LogP contribution in [0.1, 0.15) is 62.3 Å². The summed E-state index contributed by atoms with van der Waals surface area (Å²) in [6.45, 7) is 5.10. The molecule has 1 aliphatic rings. The lowest BCUT2D eigenvalue weighted by Crippen LogP contribution is -2.39. The molecular weight excluding hydrogens is 811 g/mol. The summed E-state index contributed by atoms with van der Waals surface area (Å²) >= 11 is 0. The Kier molecular flexibility index (Phi) is 13.3. The number of primary sulfonamides is 1. The summed E-state index contributed by atoms with van der Waals surface area (Å²) in [5.74, 6) is 1.77. The van der Waals surface area contributed by atoms with E-state index in [1.165, 1.54) is 35.3 Å². The van der Waals surface area contributed by atoms with Crippen molar-refractivity contribution in [3.8, 4) is 28.6 Å². The van der Waals surface area contributed by atoms with Gasteiger partial charge in [0.2, 0.25) is 20.0 Å². The van der Waals surface area contributed by atoms with Gasteiger partial charge >= 0.3 is 6.09 Å². The van der Waals surface area contributed by atoms with Crippen molar-refractivity contribution in [3.05, 3.63) is 113 Å². The number of nitrogens with two attached hydrogens (primary N) is 1. The minimum Gasteiger partial charge on any atom is -0.497 e. The zero-order valence-corrected chi connectivity index (χ0v) is 35.9. The second-order valence-electron chi connectivity index (χ2n) is 15.2. The van der Waals surface area contributed by atoms with E-state index in [4.69, 9.17) is 24.1 Å². The van der Waals surface area contributed by atoms with Crippen LogP contribution in [0.4, 0.5) is 4.79 Å². The van der Waals surface area contributed by atoms with Crippen LogP contribution >= 0.6 is 0 Å². The number of nitrogens with zero attached hydrogens (tertiary/aromatic N) is 5. The van der Waals surface area contributed by atoms with Crippen molar-refractivity contribution in [3.63, 3.8) is 0 Å². The molecule has 1 unspecified atom stereocenters. The molecule has 0 bridgehead atoms. The first kappa shape index (κ1) is 43.8. The summed E-state index contributed by atoms with van der Waals surface area (Å²) in [6.07, 6.45) is 2.57. The second kappa shape index (κ2) is 18.2. The van der Waals surface area contributed by atoms with Gasteiger partial charge in [0, 0.05) is 24.7 Å². The Bertz CT molecular complexity index is 2500. The molecule has 18 heteroatoms. The highest BCUT2D eigenvalue weighted by molar-refractivity contribution is 7.92. The van der Waals surface area contributed by atoms with E-state index in [0.29, 0.717) is 58.8 Å².